The molecule has 0 amide bonds. The van der Waals surface area contributed by atoms with Crippen LogP contribution in [0.2, 0.25) is 0 Å². The fraction of sp³-hybridized carbons (Fsp3) is 0.841. The highest BCUT2D eigenvalue weighted by atomic mass is 16.9. The molecule has 1 N–H and O–H groups in total. The van der Waals surface area contributed by atoms with E-state index in [1.807, 2.05) is 6.07 Å². The van der Waals surface area contributed by atoms with E-state index in [9.17, 15) is 9.90 Å². The van der Waals surface area contributed by atoms with Gasteiger partial charge < -0.3 is 19.3 Å². The SMILES string of the molecule is CCCCCCCCCCCCOC(OCCCCCCCCCCCC)(OCCCCCCCCCCCC)c1cccc(C(=O)O)c1. The van der Waals surface area contributed by atoms with Crippen LogP contribution in [0.5, 0.6) is 0 Å². The molecule has 0 heterocycles. The molecule has 5 heteroatoms. The summed E-state index contributed by atoms with van der Waals surface area (Å²) in [4.78, 5) is 11.9. The summed E-state index contributed by atoms with van der Waals surface area (Å²) in [7, 11) is 0. The molecule has 1 aromatic rings. The molecule has 49 heavy (non-hydrogen) atoms. The van der Waals surface area contributed by atoms with Crippen LogP contribution in [0.3, 0.4) is 0 Å². The number of hydrogen-bond acceptors (Lipinski definition) is 4. The van der Waals surface area contributed by atoms with Crippen LogP contribution in [0.1, 0.15) is 229 Å². The Kier molecular flexibility index (Phi) is 31.4. The lowest BCUT2D eigenvalue weighted by Gasteiger charge is -2.34. The first-order valence-electron chi connectivity index (χ1n) is 21.3. The molecule has 0 aliphatic rings. The van der Waals surface area contributed by atoms with Crippen molar-refractivity contribution >= 4 is 5.97 Å². The second-order valence-electron chi connectivity index (χ2n) is 14.5. The van der Waals surface area contributed by atoms with Crippen LogP contribution in [0.25, 0.3) is 0 Å². The molecular formula is C44H80O5. The minimum atomic E-state index is -1.37. The Morgan fingerprint density at radius 2 is 0.755 bits per heavy atom. The molecule has 0 atom stereocenters. The van der Waals surface area contributed by atoms with Gasteiger partial charge in [-0.25, -0.2) is 4.79 Å². The van der Waals surface area contributed by atoms with Crippen molar-refractivity contribution in [3.8, 4) is 0 Å². The van der Waals surface area contributed by atoms with Crippen LogP contribution in [0.15, 0.2) is 24.3 Å². The summed E-state index contributed by atoms with van der Waals surface area (Å²) < 4.78 is 19.7. The van der Waals surface area contributed by atoms with Gasteiger partial charge in [-0.1, -0.05) is 206 Å². The molecule has 1 rings (SSSR count). The largest absolute Gasteiger partial charge is 0.478 e. The summed E-state index contributed by atoms with van der Waals surface area (Å²) >= 11 is 0. The summed E-state index contributed by atoms with van der Waals surface area (Å²) in [6, 6.07) is 6.99. The average molecular weight is 689 g/mol. The van der Waals surface area contributed by atoms with E-state index in [4.69, 9.17) is 14.2 Å². The first-order valence-corrected chi connectivity index (χ1v) is 21.3. The van der Waals surface area contributed by atoms with Gasteiger partial charge in [-0.05, 0) is 31.4 Å². The van der Waals surface area contributed by atoms with Gasteiger partial charge in [-0.15, -0.1) is 0 Å². The highest BCUT2D eigenvalue weighted by Gasteiger charge is 2.37. The van der Waals surface area contributed by atoms with E-state index in [2.05, 4.69) is 20.8 Å². The van der Waals surface area contributed by atoms with Crippen molar-refractivity contribution in [1.82, 2.24) is 0 Å². The van der Waals surface area contributed by atoms with E-state index in [0.717, 1.165) is 38.5 Å². The van der Waals surface area contributed by atoms with Crippen LogP contribution in [0.4, 0.5) is 0 Å². The van der Waals surface area contributed by atoms with Crippen LogP contribution in [-0.2, 0) is 20.2 Å². The molecule has 5 nitrogen and oxygen atoms in total. The van der Waals surface area contributed by atoms with Gasteiger partial charge in [0, 0.05) is 5.56 Å². The van der Waals surface area contributed by atoms with Crippen molar-refractivity contribution in [3.05, 3.63) is 35.4 Å². The second kappa shape index (κ2) is 33.7. The zero-order chi connectivity index (χ0) is 35.5. The maximum Gasteiger partial charge on any atom is 0.335 e. The van der Waals surface area contributed by atoms with E-state index in [0.29, 0.717) is 25.4 Å². The van der Waals surface area contributed by atoms with Crippen LogP contribution >= 0.6 is 0 Å². The first kappa shape index (κ1) is 45.6. The van der Waals surface area contributed by atoms with Crippen molar-refractivity contribution in [2.24, 2.45) is 0 Å². The Hall–Kier alpha value is -1.43. The third-order valence-electron chi connectivity index (χ3n) is 9.83. The second-order valence-corrected chi connectivity index (χ2v) is 14.5. The molecule has 0 aliphatic heterocycles. The molecular weight excluding hydrogens is 608 g/mol. The average Bonchev–Trinajstić information content (AvgIpc) is 3.11. The van der Waals surface area contributed by atoms with Gasteiger partial charge in [0.15, 0.2) is 0 Å². The summed E-state index contributed by atoms with van der Waals surface area (Å²) in [6.07, 6.45) is 37.9. The predicted molar refractivity (Wildman–Crippen MR) is 208 cm³/mol. The first-order chi connectivity index (χ1) is 24.1. The van der Waals surface area contributed by atoms with Crippen LogP contribution in [-0.4, -0.2) is 30.9 Å². The molecule has 0 aromatic heterocycles. The summed E-state index contributed by atoms with van der Waals surface area (Å²) in [6.45, 7) is 8.40. The summed E-state index contributed by atoms with van der Waals surface area (Å²) in [5.74, 6) is -2.32. The molecule has 0 aliphatic carbocycles. The van der Waals surface area contributed by atoms with Gasteiger partial charge in [0.2, 0.25) is 0 Å². The fourth-order valence-electron chi connectivity index (χ4n) is 6.61. The molecule has 0 bridgehead atoms. The Bertz CT molecular complexity index is 791. The Morgan fingerprint density at radius 3 is 1.04 bits per heavy atom. The van der Waals surface area contributed by atoms with Crippen molar-refractivity contribution in [2.45, 2.75) is 219 Å². The van der Waals surface area contributed by atoms with Crippen molar-refractivity contribution in [2.75, 3.05) is 19.8 Å². The fourth-order valence-corrected chi connectivity index (χ4v) is 6.61. The normalized spacial score (nSPS) is 11.8. The maximum absolute atomic E-state index is 11.9. The smallest absolute Gasteiger partial charge is 0.335 e. The van der Waals surface area contributed by atoms with Gasteiger partial charge in [-0.2, -0.15) is 0 Å². The third kappa shape index (κ3) is 25.2. The van der Waals surface area contributed by atoms with E-state index in [1.165, 1.54) is 154 Å². The topological polar surface area (TPSA) is 65.0 Å². The van der Waals surface area contributed by atoms with E-state index >= 15 is 0 Å². The number of aromatic carboxylic acids is 1. The summed E-state index contributed by atoms with van der Waals surface area (Å²) in [5, 5.41) is 9.78. The molecule has 0 unspecified atom stereocenters. The van der Waals surface area contributed by atoms with E-state index in [-0.39, 0.29) is 5.56 Å². The third-order valence-corrected chi connectivity index (χ3v) is 9.83. The minimum absolute atomic E-state index is 0.231. The zero-order valence-corrected chi connectivity index (χ0v) is 32.7. The number of rotatable bonds is 38. The number of carboxylic acid groups (broad SMARTS) is 1. The standard InChI is InChI=1S/C44H80O5/c1-4-7-10-13-16-19-22-25-28-31-37-47-44(42-36-34-35-41(40-42)43(45)46,48-38-32-29-26-23-20-17-14-11-8-5-2)49-39-33-30-27-24-21-18-15-12-9-6-3/h34-36,40H,4-33,37-39H2,1-3H3,(H,45,46). The lowest BCUT2D eigenvalue weighted by atomic mass is 10.1. The quantitative estimate of drug-likeness (QED) is 0.0553. The zero-order valence-electron chi connectivity index (χ0n) is 32.7. The molecule has 0 radical (unpaired) electrons. The van der Waals surface area contributed by atoms with Crippen LogP contribution in [0, 0.1) is 0 Å². The minimum Gasteiger partial charge on any atom is -0.478 e. The van der Waals surface area contributed by atoms with Gasteiger partial charge in [0.25, 0.3) is 0 Å². The molecule has 0 saturated carbocycles. The van der Waals surface area contributed by atoms with Gasteiger partial charge >= 0.3 is 11.9 Å². The monoisotopic (exact) mass is 689 g/mol. The molecule has 0 spiro atoms. The Labute approximate surface area is 304 Å². The van der Waals surface area contributed by atoms with Gasteiger partial charge in [0.1, 0.15) is 0 Å². The number of carboxylic acids is 1. The predicted octanol–water partition coefficient (Wildman–Crippen LogP) is 14.3. The number of carbonyl (C=O) groups is 1. The van der Waals surface area contributed by atoms with Crippen molar-refractivity contribution in [3.63, 3.8) is 0 Å². The number of hydrogen-bond donors (Lipinski definition) is 1. The molecule has 0 fully saturated rings. The Balaban J connectivity index is 2.73. The van der Waals surface area contributed by atoms with Crippen LogP contribution < -0.4 is 0 Å². The van der Waals surface area contributed by atoms with Crippen molar-refractivity contribution < 1.29 is 24.1 Å². The molecule has 0 saturated heterocycles. The van der Waals surface area contributed by atoms with E-state index in [1.54, 1.807) is 18.2 Å². The van der Waals surface area contributed by atoms with Gasteiger partial charge in [-0.3, -0.25) is 0 Å². The highest BCUT2D eigenvalue weighted by Crippen LogP contribution is 2.32. The number of benzene rings is 1. The Morgan fingerprint density at radius 1 is 0.469 bits per heavy atom. The number of ether oxygens (including phenoxy) is 3. The van der Waals surface area contributed by atoms with Gasteiger partial charge in [0.05, 0.1) is 25.4 Å². The van der Waals surface area contributed by atoms with Crippen molar-refractivity contribution in [1.29, 1.82) is 0 Å². The lowest BCUT2D eigenvalue weighted by molar-refractivity contribution is -0.394. The highest BCUT2D eigenvalue weighted by molar-refractivity contribution is 5.87. The van der Waals surface area contributed by atoms with E-state index < -0.39 is 11.9 Å². The molecule has 286 valence electrons. The summed E-state index contributed by atoms with van der Waals surface area (Å²) in [5.41, 5.74) is 0.883. The number of unbranched alkanes of at least 4 members (excludes halogenated alkanes) is 27. The lowest BCUT2D eigenvalue weighted by Crippen LogP contribution is -2.38. The molecule has 1 aromatic carbocycles. The maximum atomic E-state index is 11.9.